The SMILES string of the molecule is C=CC1(CCC(C)C(C)(C)CCCCCC)NC1=O. The van der Waals surface area contributed by atoms with E-state index in [1.807, 2.05) is 0 Å². The second-order valence-electron chi connectivity index (χ2n) is 6.87. The molecule has 1 aliphatic heterocycles. The molecule has 0 radical (unpaired) electrons. The Morgan fingerprint density at radius 3 is 2.47 bits per heavy atom. The van der Waals surface area contributed by atoms with Crippen LogP contribution in [0.3, 0.4) is 0 Å². The molecular formula is C17H31NO. The number of amides is 1. The van der Waals surface area contributed by atoms with E-state index in [9.17, 15) is 4.79 Å². The van der Waals surface area contributed by atoms with E-state index in [1.54, 1.807) is 6.08 Å². The summed E-state index contributed by atoms with van der Waals surface area (Å²) in [6.07, 6.45) is 10.4. The van der Waals surface area contributed by atoms with Crippen LogP contribution in [-0.4, -0.2) is 11.4 Å². The first kappa shape index (κ1) is 16.3. The second kappa shape index (κ2) is 6.58. The van der Waals surface area contributed by atoms with Crippen LogP contribution in [0.2, 0.25) is 0 Å². The van der Waals surface area contributed by atoms with Gasteiger partial charge in [-0.2, -0.15) is 0 Å². The fourth-order valence-electron chi connectivity index (χ4n) is 2.68. The number of nitrogens with one attached hydrogen (secondary N) is 1. The summed E-state index contributed by atoms with van der Waals surface area (Å²) in [6, 6.07) is 0. The van der Waals surface area contributed by atoms with Crippen LogP contribution in [0.1, 0.15) is 72.6 Å². The van der Waals surface area contributed by atoms with Gasteiger partial charge in [-0.15, -0.1) is 6.58 Å². The summed E-state index contributed by atoms with van der Waals surface area (Å²) < 4.78 is 0. The number of hydrogen-bond donors (Lipinski definition) is 1. The topological polar surface area (TPSA) is 39.0 Å². The molecule has 2 unspecified atom stereocenters. The molecule has 0 spiro atoms. The molecule has 0 aromatic carbocycles. The molecule has 110 valence electrons. The number of carbonyl (C=O) groups is 1. The normalized spacial score (nSPS) is 23.9. The van der Waals surface area contributed by atoms with E-state index in [-0.39, 0.29) is 11.4 Å². The standard InChI is InChI=1S/C17H31NO/c1-6-8-9-10-12-16(4,5)14(3)11-13-17(7-2)15(19)18-17/h7,14H,2,6,8-13H2,1,3-5H3,(H,18,19). The van der Waals surface area contributed by atoms with E-state index in [0.29, 0.717) is 11.3 Å². The highest BCUT2D eigenvalue weighted by molar-refractivity contribution is 6.04. The molecule has 0 aromatic heterocycles. The predicted molar refractivity (Wildman–Crippen MR) is 82.0 cm³/mol. The first-order valence-corrected chi connectivity index (χ1v) is 7.84. The van der Waals surface area contributed by atoms with Crippen molar-refractivity contribution in [1.29, 1.82) is 0 Å². The lowest BCUT2D eigenvalue weighted by atomic mass is 9.73. The molecule has 1 aliphatic rings. The highest BCUT2D eigenvalue weighted by atomic mass is 16.2. The maximum atomic E-state index is 11.4. The fraction of sp³-hybridized carbons (Fsp3) is 0.824. The first-order chi connectivity index (χ1) is 8.88. The lowest BCUT2D eigenvalue weighted by Gasteiger charge is -2.32. The molecule has 19 heavy (non-hydrogen) atoms. The minimum absolute atomic E-state index is 0.149. The Hall–Kier alpha value is -0.790. The van der Waals surface area contributed by atoms with Gasteiger partial charge >= 0.3 is 0 Å². The van der Waals surface area contributed by atoms with Crippen molar-refractivity contribution < 1.29 is 4.79 Å². The minimum Gasteiger partial charge on any atom is -0.336 e. The molecule has 1 saturated heterocycles. The average molecular weight is 265 g/mol. The van der Waals surface area contributed by atoms with Crippen LogP contribution in [0.15, 0.2) is 12.7 Å². The fourth-order valence-corrected chi connectivity index (χ4v) is 2.68. The van der Waals surface area contributed by atoms with Crippen LogP contribution < -0.4 is 5.32 Å². The van der Waals surface area contributed by atoms with Crippen LogP contribution in [0.25, 0.3) is 0 Å². The monoisotopic (exact) mass is 265 g/mol. The van der Waals surface area contributed by atoms with Crippen LogP contribution in [0.4, 0.5) is 0 Å². The highest BCUT2D eigenvalue weighted by Gasteiger charge is 2.50. The minimum atomic E-state index is -0.382. The van der Waals surface area contributed by atoms with E-state index in [1.165, 1.54) is 32.1 Å². The molecule has 1 N–H and O–H groups in total. The smallest absolute Gasteiger partial charge is 0.250 e. The van der Waals surface area contributed by atoms with Gasteiger partial charge in [0.25, 0.3) is 5.91 Å². The second-order valence-corrected chi connectivity index (χ2v) is 6.87. The molecule has 2 nitrogen and oxygen atoms in total. The van der Waals surface area contributed by atoms with Crippen molar-refractivity contribution >= 4 is 5.91 Å². The van der Waals surface area contributed by atoms with Crippen LogP contribution in [0.5, 0.6) is 0 Å². The summed E-state index contributed by atoms with van der Waals surface area (Å²) in [5.41, 5.74) is -0.0133. The van der Waals surface area contributed by atoms with Gasteiger partial charge in [0.2, 0.25) is 0 Å². The molecule has 0 saturated carbocycles. The third-order valence-electron chi connectivity index (χ3n) is 5.01. The maximum Gasteiger partial charge on any atom is 0.250 e. The Bertz CT molecular complexity index is 321. The van der Waals surface area contributed by atoms with Gasteiger partial charge in [-0.05, 0) is 30.6 Å². The van der Waals surface area contributed by atoms with Gasteiger partial charge in [0.15, 0.2) is 0 Å². The summed E-state index contributed by atoms with van der Waals surface area (Å²) in [5, 5.41) is 2.90. The molecule has 1 rings (SSSR count). The molecule has 0 aromatic rings. The molecule has 2 heteroatoms. The van der Waals surface area contributed by atoms with Crippen molar-refractivity contribution in [3.63, 3.8) is 0 Å². The van der Waals surface area contributed by atoms with E-state index >= 15 is 0 Å². The third kappa shape index (κ3) is 4.36. The van der Waals surface area contributed by atoms with E-state index in [0.717, 1.165) is 12.8 Å². The molecule has 0 bridgehead atoms. The molecule has 1 heterocycles. The van der Waals surface area contributed by atoms with Gasteiger partial charge in [-0.1, -0.05) is 59.5 Å². The summed E-state index contributed by atoms with van der Waals surface area (Å²) in [5.74, 6) is 0.789. The average Bonchev–Trinajstić information content (AvgIpc) is 3.03. The lowest BCUT2D eigenvalue weighted by molar-refractivity contribution is -0.111. The van der Waals surface area contributed by atoms with E-state index in [2.05, 4.69) is 39.6 Å². The molecule has 0 aliphatic carbocycles. The van der Waals surface area contributed by atoms with Gasteiger partial charge < -0.3 is 5.32 Å². The van der Waals surface area contributed by atoms with Crippen LogP contribution in [-0.2, 0) is 4.79 Å². The van der Waals surface area contributed by atoms with Crippen molar-refractivity contribution in [3.8, 4) is 0 Å². The number of unbranched alkanes of at least 4 members (excludes halogenated alkanes) is 3. The van der Waals surface area contributed by atoms with Crippen molar-refractivity contribution in [2.24, 2.45) is 11.3 Å². The molecule has 2 atom stereocenters. The Labute approximate surface area is 119 Å². The van der Waals surface area contributed by atoms with Gasteiger partial charge in [-0.3, -0.25) is 4.79 Å². The number of rotatable bonds is 10. The number of carbonyl (C=O) groups excluding carboxylic acids is 1. The lowest BCUT2D eigenvalue weighted by Crippen LogP contribution is -2.24. The van der Waals surface area contributed by atoms with Crippen molar-refractivity contribution in [2.75, 3.05) is 0 Å². The third-order valence-corrected chi connectivity index (χ3v) is 5.01. The van der Waals surface area contributed by atoms with Crippen LogP contribution in [0, 0.1) is 11.3 Å². The van der Waals surface area contributed by atoms with Gasteiger partial charge in [0, 0.05) is 0 Å². The van der Waals surface area contributed by atoms with Gasteiger partial charge in [-0.25, -0.2) is 0 Å². The van der Waals surface area contributed by atoms with Gasteiger partial charge in [0.05, 0.1) is 0 Å². The Kier molecular flexibility index (Phi) is 5.64. The summed E-state index contributed by atoms with van der Waals surface area (Å²) in [4.78, 5) is 11.4. The Balaban J connectivity index is 2.32. The van der Waals surface area contributed by atoms with Gasteiger partial charge in [0.1, 0.15) is 5.54 Å². The van der Waals surface area contributed by atoms with E-state index in [4.69, 9.17) is 0 Å². The predicted octanol–water partition coefficient (Wildman–Crippen LogP) is 4.45. The largest absolute Gasteiger partial charge is 0.336 e. The first-order valence-electron chi connectivity index (χ1n) is 7.84. The quantitative estimate of drug-likeness (QED) is 0.354. The van der Waals surface area contributed by atoms with Crippen molar-refractivity contribution in [2.45, 2.75) is 78.2 Å². The summed E-state index contributed by atoms with van der Waals surface area (Å²) >= 11 is 0. The molecular weight excluding hydrogens is 234 g/mol. The Morgan fingerprint density at radius 1 is 1.37 bits per heavy atom. The van der Waals surface area contributed by atoms with Crippen molar-refractivity contribution in [3.05, 3.63) is 12.7 Å². The zero-order chi connectivity index (χ0) is 14.5. The van der Waals surface area contributed by atoms with E-state index < -0.39 is 0 Å². The Morgan fingerprint density at radius 2 is 2.00 bits per heavy atom. The summed E-state index contributed by atoms with van der Waals surface area (Å²) in [6.45, 7) is 13.1. The molecule has 1 amide bonds. The van der Waals surface area contributed by atoms with Crippen LogP contribution >= 0.6 is 0 Å². The van der Waals surface area contributed by atoms with Crippen molar-refractivity contribution in [1.82, 2.24) is 5.32 Å². The zero-order valence-corrected chi connectivity index (χ0v) is 13.2. The number of hydrogen-bond acceptors (Lipinski definition) is 1. The highest BCUT2D eigenvalue weighted by Crippen LogP contribution is 2.38. The zero-order valence-electron chi connectivity index (χ0n) is 13.2. The molecule has 1 fully saturated rings. The summed E-state index contributed by atoms with van der Waals surface area (Å²) in [7, 11) is 0. The maximum absolute atomic E-state index is 11.4.